The van der Waals surface area contributed by atoms with E-state index in [1.54, 1.807) is 0 Å². The van der Waals surface area contributed by atoms with Crippen LogP contribution >= 0.6 is 0 Å². The molecule has 1 unspecified atom stereocenters. The van der Waals surface area contributed by atoms with E-state index in [2.05, 4.69) is 57.2 Å². The number of carbonyl (C=O) groups is 3. The lowest BCUT2D eigenvalue weighted by atomic mass is 10.0. The topological polar surface area (TPSA) is 78.9 Å². The van der Waals surface area contributed by atoms with Crippen molar-refractivity contribution in [2.75, 3.05) is 13.2 Å². The first-order valence-electron chi connectivity index (χ1n) is 32.0. The molecule has 0 aliphatic heterocycles. The number of hydrogen-bond acceptors (Lipinski definition) is 6. The summed E-state index contributed by atoms with van der Waals surface area (Å²) in [6.45, 7) is 6.54. The third-order valence-corrected chi connectivity index (χ3v) is 14.4. The SMILES string of the molecule is CC/C=C\C/C=C\C/C=C\CCCCCCCCCC(=O)OC(COC(=O)CCCCCCCCCC)COC(=O)CCCCCCCCCCCCCCCCCCCCCCCCCCCCCCC. The van der Waals surface area contributed by atoms with Crippen LogP contribution in [0.4, 0.5) is 0 Å². The van der Waals surface area contributed by atoms with Crippen molar-refractivity contribution in [3.05, 3.63) is 36.5 Å². The van der Waals surface area contributed by atoms with Gasteiger partial charge in [-0.05, 0) is 51.4 Å². The van der Waals surface area contributed by atoms with Gasteiger partial charge in [-0.25, -0.2) is 0 Å². The highest BCUT2D eigenvalue weighted by Crippen LogP contribution is 2.18. The summed E-state index contributed by atoms with van der Waals surface area (Å²) in [6, 6.07) is 0. The van der Waals surface area contributed by atoms with Gasteiger partial charge in [-0.15, -0.1) is 0 Å². The molecule has 0 N–H and O–H groups in total. The molecule has 0 aromatic heterocycles. The molecule has 0 saturated carbocycles. The molecule has 0 radical (unpaired) electrons. The van der Waals surface area contributed by atoms with Crippen LogP contribution in [-0.2, 0) is 28.6 Å². The van der Waals surface area contributed by atoms with Crippen molar-refractivity contribution in [2.24, 2.45) is 0 Å². The Morgan fingerprint density at radius 2 is 0.542 bits per heavy atom. The van der Waals surface area contributed by atoms with E-state index in [1.165, 1.54) is 225 Å². The summed E-state index contributed by atoms with van der Waals surface area (Å²) in [7, 11) is 0. The molecule has 6 heteroatoms. The zero-order chi connectivity index (χ0) is 52.2. The summed E-state index contributed by atoms with van der Waals surface area (Å²) in [4.78, 5) is 38.1. The molecular weight excluding hydrogens is 889 g/mol. The van der Waals surface area contributed by atoms with E-state index < -0.39 is 6.10 Å². The summed E-state index contributed by atoms with van der Waals surface area (Å²) in [5, 5.41) is 0. The molecule has 1 atom stereocenters. The Morgan fingerprint density at radius 3 is 0.847 bits per heavy atom. The Bertz CT molecular complexity index is 1210. The lowest BCUT2D eigenvalue weighted by Gasteiger charge is -2.18. The van der Waals surface area contributed by atoms with Crippen molar-refractivity contribution in [3.63, 3.8) is 0 Å². The van der Waals surface area contributed by atoms with E-state index in [-0.39, 0.29) is 31.1 Å². The van der Waals surface area contributed by atoms with Crippen molar-refractivity contribution in [1.29, 1.82) is 0 Å². The van der Waals surface area contributed by atoms with Crippen LogP contribution < -0.4 is 0 Å². The molecule has 72 heavy (non-hydrogen) atoms. The van der Waals surface area contributed by atoms with Gasteiger partial charge < -0.3 is 14.2 Å². The molecule has 0 heterocycles. The molecule has 0 rings (SSSR count). The van der Waals surface area contributed by atoms with Gasteiger partial charge in [-0.2, -0.15) is 0 Å². The van der Waals surface area contributed by atoms with Crippen LogP contribution in [0.25, 0.3) is 0 Å². The molecule has 0 bridgehead atoms. The zero-order valence-corrected chi connectivity index (χ0v) is 48.5. The summed E-state index contributed by atoms with van der Waals surface area (Å²) < 4.78 is 16.8. The molecular formula is C66H122O6. The van der Waals surface area contributed by atoms with Crippen LogP contribution in [0.1, 0.15) is 348 Å². The highest BCUT2D eigenvalue weighted by molar-refractivity contribution is 5.71. The second-order valence-electron chi connectivity index (χ2n) is 21.7. The van der Waals surface area contributed by atoms with Gasteiger partial charge >= 0.3 is 17.9 Å². The highest BCUT2D eigenvalue weighted by Gasteiger charge is 2.19. The van der Waals surface area contributed by atoms with Crippen molar-refractivity contribution >= 4 is 17.9 Å². The molecule has 0 fully saturated rings. The maximum Gasteiger partial charge on any atom is 0.306 e. The number of esters is 3. The molecule has 6 nitrogen and oxygen atoms in total. The average molecular weight is 1010 g/mol. The smallest absolute Gasteiger partial charge is 0.306 e. The van der Waals surface area contributed by atoms with E-state index in [4.69, 9.17) is 14.2 Å². The first-order valence-corrected chi connectivity index (χ1v) is 32.0. The van der Waals surface area contributed by atoms with Crippen LogP contribution in [0, 0.1) is 0 Å². The second-order valence-corrected chi connectivity index (χ2v) is 21.7. The quantitative estimate of drug-likeness (QED) is 0.0261. The van der Waals surface area contributed by atoms with Crippen LogP contribution in [0.15, 0.2) is 36.5 Å². The van der Waals surface area contributed by atoms with Gasteiger partial charge in [0.25, 0.3) is 0 Å². The average Bonchev–Trinajstić information content (AvgIpc) is 3.38. The van der Waals surface area contributed by atoms with Gasteiger partial charge in [0.05, 0.1) is 0 Å². The van der Waals surface area contributed by atoms with Crippen molar-refractivity contribution in [3.8, 4) is 0 Å². The fourth-order valence-corrected chi connectivity index (χ4v) is 9.64. The Morgan fingerprint density at radius 1 is 0.292 bits per heavy atom. The third kappa shape index (κ3) is 58.5. The molecule has 0 amide bonds. The maximum absolute atomic E-state index is 12.8. The normalized spacial score (nSPS) is 12.2. The van der Waals surface area contributed by atoms with Gasteiger partial charge in [0.1, 0.15) is 13.2 Å². The minimum atomic E-state index is -0.773. The predicted octanol–water partition coefficient (Wildman–Crippen LogP) is 21.6. The van der Waals surface area contributed by atoms with Gasteiger partial charge in [-0.3, -0.25) is 14.4 Å². The number of carbonyl (C=O) groups excluding carboxylic acids is 3. The van der Waals surface area contributed by atoms with Crippen LogP contribution in [0.2, 0.25) is 0 Å². The van der Waals surface area contributed by atoms with Crippen LogP contribution in [0.3, 0.4) is 0 Å². The Hall–Kier alpha value is -2.37. The Kier molecular flexibility index (Phi) is 59.2. The minimum Gasteiger partial charge on any atom is -0.462 e. The predicted molar refractivity (Wildman–Crippen MR) is 312 cm³/mol. The first kappa shape index (κ1) is 69.6. The highest BCUT2D eigenvalue weighted by atomic mass is 16.6. The third-order valence-electron chi connectivity index (χ3n) is 14.4. The zero-order valence-electron chi connectivity index (χ0n) is 48.5. The number of rotatable bonds is 59. The molecule has 0 saturated heterocycles. The monoisotopic (exact) mass is 1010 g/mol. The van der Waals surface area contributed by atoms with E-state index in [0.29, 0.717) is 19.3 Å². The second kappa shape index (κ2) is 61.2. The van der Waals surface area contributed by atoms with Crippen LogP contribution in [-0.4, -0.2) is 37.2 Å². The minimum absolute atomic E-state index is 0.0717. The first-order chi connectivity index (χ1) is 35.5. The fraction of sp³-hybridized carbons (Fsp3) is 0.864. The number of allylic oxidation sites excluding steroid dienone is 6. The molecule has 422 valence electrons. The number of hydrogen-bond donors (Lipinski definition) is 0. The molecule has 0 aliphatic rings. The standard InChI is InChI=1S/C66H122O6/c1-4-7-10-13-16-19-21-23-25-27-28-29-30-31-32-33-34-35-36-37-38-40-41-43-45-47-50-53-56-59-65(68)71-62-63(61-70-64(67)58-55-52-49-18-15-12-9-6-3)72-66(69)60-57-54-51-48-46-44-42-39-26-24-22-20-17-14-11-8-5-2/h8,11,17,20,24,26,63H,4-7,9-10,12-16,18-19,21-23,25,27-62H2,1-3H3/b11-8-,20-17-,26-24-. The summed E-state index contributed by atoms with van der Waals surface area (Å²) in [5.41, 5.74) is 0. The largest absolute Gasteiger partial charge is 0.462 e. The Balaban J connectivity index is 4.05. The summed E-state index contributed by atoms with van der Waals surface area (Å²) in [5.74, 6) is -0.866. The summed E-state index contributed by atoms with van der Waals surface area (Å²) in [6.07, 6.45) is 74.7. The molecule has 0 aliphatic carbocycles. The van der Waals surface area contributed by atoms with E-state index in [9.17, 15) is 14.4 Å². The number of ether oxygens (including phenoxy) is 3. The van der Waals surface area contributed by atoms with Crippen molar-refractivity contribution in [2.45, 2.75) is 354 Å². The van der Waals surface area contributed by atoms with E-state index >= 15 is 0 Å². The van der Waals surface area contributed by atoms with Gasteiger partial charge in [0, 0.05) is 19.3 Å². The van der Waals surface area contributed by atoms with E-state index in [0.717, 1.165) is 83.5 Å². The van der Waals surface area contributed by atoms with Crippen LogP contribution in [0.5, 0.6) is 0 Å². The van der Waals surface area contributed by atoms with Gasteiger partial charge in [-0.1, -0.05) is 314 Å². The molecule has 0 aromatic rings. The molecule has 0 spiro atoms. The van der Waals surface area contributed by atoms with Crippen molar-refractivity contribution < 1.29 is 28.6 Å². The lowest BCUT2D eigenvalue weighted by Crippen LogP contribution is -2.30. The molecule has 0 aromatic carbocycles. The van der Waals surface area contributed by atoms with Gasteiger partial charge in [0.15, 0.2) is 6.10 Å². The number of unbranched alkanes of at least 4 members (excludes halogenated alkanes) is 42. The van der Waals surface area contributed by atoms with Crippen molar-refractivity contribution in [1.82, 2.24) is 0 Å². The fourth-order valence-electron chi connectivity index (χ4n) is 9.64. The maximum atomic E-state index is 12.8. The van der Waals surface area contributed by atoms with Gasteiger partial charge in [0.2, 0.25) is 0 Å². The summed E-state index contributed by atoms with van der Waals surface area (Å²) >= 11 is 0. The lowest BCUT2D eigenvalue weighted by molar-refractivity contribution is -0.167. The Labute approximate surface area is 448 Å². The van der Waals surface area contributed by atoms with E-state index in [1.807, 2.05) is 0 Å².